The number of rotatable bonds is 0. The molecule has 0 spiro atoms. The Kier molecular flexibility index (Phi) is 240. The summed E-state index contributed by atoms with van der Waals surface area (Å²) in [5, 5.41) is 8.47. The van der Waals surface area contributed by atoms with Crippen LogP contribution >= 0.6 is 0 Å². The molecule has 6 heavy (non-hydrogen) atoms. The van der Waals surface area contributed by atoms with Crippen molar-refractivity contribution < 1.29 is 31.9 Å². The average Bonchev–Trinajstić information content (AvgIpc) is 0.918. The Hall–Kier alpha value is 0.583. The van der Waals surface area contributed by atoms with Crippen molar-refractivity contribution in [1.82, 2.24) is 6.15 Å². The molecule has 2 nitrogen and oxygen atoms in total. The maximum absolute atomic E-state index is 7.13. The second-order valence-corrected chi connectivity index (χ2v) is 0.274. The van der Waals surface area contributed by atoms with Crippen molar-refractivity contribution >= 4 is 12.6 Å². The van der Waals surface area contributed by atoms with Crippen molar-refractivity contribution in [2.24, 2.45) is 0 Å². The zero-order valence-corrected chi connectivity index (χ0v) is 7.98. The van der Waals surface area contributed by atoms with Gasteiger partial charge < -0.3 is 31.2 Å². The van der Waals surface area contributed by atoms with Crippen LogP contribution in [0.1, 0.15) is 0 Å². The van der Waals surface area contributed by atoms with Crippen LogP contribution in [0.4, 0.5) is 0 Å². The van der Waals surface area contributed by atoms with Gasteiger partial charge in [0.25, 0.3) is 0 Å². The van der Waals surface area contributed by atoms with Crippen molar-refractivity contribution in [3.63, 3.8) is 0 Å². The number of quaternary nitrogens is 1. The van der Waals surface area contributed by atoms with Gasteiger partial charge in [0.05, 0.1) is 0 Å². The van der Waals surface area contributed by atoms with Crippen molar-refractivity contribution in [1.29, 1.82) is 5.26 Å². The summed E-state index contributed by atoms with van der Waals surface area (Å²) in [4.78, 5) is 0. The van der Waals surface area contributed by atoms with Crippen LogP contribution in [0.5, 0.6) is 0 Å². The molecular weight excluding hydrogens is 173 g/mol. The van der Waals surface area contributed by atoms with Gasteiger partial charge in [0.1, 0.15) is 0 Å². The van der Waals surface area contributed by atoms with Gasteiger partial charge in [0.2, 0.25) is 0 Å². The first-order chi connectivity index (χ1) is 1.41. The summed E-state index contributed by atoms with van der Waals surface area (Å²) in [6.07, 6.45) is 0. The van der Waals surface area contributed by atoms with Crippen LogP contribution in [0, 0.1) is 10.7 Å². The van der Waals surface area contributed by atoms with E-state index in [4.69, 9.17) is 5.26 Å². The van der Waals surface area contributed by atoms with E-state index in [2.05, 4.69) is 12.6 Å². The molecule has 0 aliphatic carbocycles. The van der Waals surface area contributed by atoms with Crippen LogP contribution < -0.4 is 18.6 Å². The minimum Gasteiger partial charge on any atom is -1.00 e. The Morgan fingerprint density at radius 2 is 1.50 bits per heavy atom. The minimum atomic E-state index is 0. The Labute approximate surface area is 61.5 Å². The van der Waals surface area contributed by atoms with Crippen molar-refractivity contribution in [2.75, 3.05) is 0 Å². The van der Waals surface area contributed by atoms with E-state index in [9.17, 15) is 0 Å². The van der Waals surface area contributed by atoms with E-state index in [1.54, 1.807) is 0 Å². The molecule has 5 heteroatoms. The second-order valence-electron chi connectivity index (χ2n) is 0.0913. The molecule has 0 aliphatic rings. The summed E-state index contributed by atoms with van der Waals surface area (Å²) < 4.78 is 0. The van der Waals surface area contributed by atoms with Gasteiger partial charge in [-0.15, -0.1) is 0 Å². The van der Waals surface area contributed by atoms with Gasteiger partial charge in [-0.2, -0.15) is 0 Å². The van der Waals surface area contributed by atoms with E-state index in [0.717, 1.165) is 0 Å². The maximum Gasteiger partial charge on any atom is 0 e. The monoisotopic (exact) mass is 175 g/mol. The smallest absolute Gasteiger partial charge is 0 e. The molecule has 34 valence electrons. The van der Waals surface area contributed by atoms with Gasteiger partial charge in [0.15, 0.2) is 0 Å². The van der Waals surface area contributed by atoms with Crippen LogP contribution in [0.15, 0.2) is 0 Å². The van der Waals surface area contributed by atoms with E-state index >= 15 is 0 Å². The number of halogens is 1. The molecule has 0 bridgehead atoms. The Balaban J connectivity index is -0.00000000667. The number of hydrogen-bond donors (Lipinski definition) is 1. The topological polar surface area (TPSA) is 60.3 Å². The fourth-order valence-corrected chi connectivity index (χ4v) is 0. The summed E-state index contributed by atoms with van der Waals surface area (Å²) in [7, 11) is 0. The quantitative estimate of drug-likeness (QED) is 0.250. The Morgan fingerprint density at radius 1 is 1.50 bits per heavy atom. The number of thiocyanates is 1. The Morgan fingerprint density at radius 3 is 1.50 bits per heavy atom. The maximum atomic E-state index is 7.13. The number of hydrogen-bond acceptors (Lipinski definition) is 2. The van der Waals surface area contributed by atoms with Gasteiger partial charge in [-0.3, -0.25) is 0 Å². The molecule has 0 rings (SSSR count). The molecule has 0 aromatic heterocycles. The molecule has 0 aromatic carbocycles. The summed E-state index contributed by atoms with van der Waals surface area (Å²) in [5.74, 6) is 0. The van der Waals surface area contributed by atoms with Crippen LogP contribution in [-0.2, 0) is 32.1 Å². The summed E-state index contributed by atoms with van der Waals surface area (Å²) in [5.41, 5.74) is 0. The standard InChI is InChI=1S/CHNS.ClH.H3N.Zn/c2-1-3;;;/h3H;1H;1H3;/p-1. The van der Waals surface area contributed by atoms with Gasteiger partial charge in [-0.25, -0.2) is 5.26 Å². The molecule has 0 fully saturated rings. The second kappa shape index (κ2) is 46.8. The van der Waals surface area contributed by atoms with Crippen LogP contribution in [0.2, 0.25) is 0 Å². The molecule has 0 aromatic rings. The Bertz CT molecular complexity index is 35.0. The number of nitriles is 1. The van der Waals surface area contributed by atoms with Crippen LogP contribution in [0.3, 0.4) is 0 Å². The summed E-state index contributed by atoms with van der Waals surface area (Å²) >= 11 is 3.70. The summed E-state index contributed by atoms with van der Waals surface area (Å²) in [6, 6.07) is 0. The molecule has 0 atom stereocenters. The predicted octanol–water partition coefficient (Wildman–Crippen LogP) is -2.61. The van der Waals surface area contributed by atoms with Crippen molar-refractivity contribution in [3.05, 3.63) is 0 Å². The van der Waals surface area contributed by atoms with Crippen molar-refractivity contribution in [3.8, 4) is 5.40 Å². The van der Waals surface area contributed by atoms with Gasteiger partial charge >= 0.3 is 0 Å². The van der Waals surface area contributed by atoms with Gasteiger partial charge in [-0.05, 0) is 0 Å². The first-order valence-electron chi connectivity index (χ1n) is 0.428. The molecule has 0 saturated heterocycles. The molecule has 0 heterocycles. The normalized spacial score (nSPS) is 1.17. The zero-order chi connectivity index (χ0) is 2.71. The van der Waals surface area contributed by atoms with E-state index < -0.39 is 0 Å². The largest absolute Gasteiger partial charge is 1.00 e. The molecule has 4 N–H and O–H groups in total. The molecule has 0 unspecified atom stereocenters. The first kappa shape index (κ1) is 30.8. The third-order valence-corrected chi connectivity index (χ3v) is 0. The fraction of sp³-hybridized carbons (Fsp3) is 0. The van der Waals surface area contributed by atoms with Crippen LogP contribution in [-0.4, -0.2) is 0 Å². The van der Waals surface area contributed by atoms with E-state index in [0.29, 0.717) is 0 Å². The first-order valence-corrected chi connectivity index (χ1v) is 0.836. The zero-order valence-electron chi connectivity index (χ0n) is 3.44. The SMILES string of the molecule is N#C[S-].[Cl-].[NH4+].[Zn]. The summed E-state index contributed by atoms with van der Waals surface area (Å²) in [6.45, 7) is 0. The minimum absolute atomic E-state index is 0. The van der Waals surface area contributed by atoms with Crippen LogP contribution in [0.25, 0.3) is 0 Å². The molecule has 0 aliphatic heterocycles. The molecule has 0 radical (unpaired) electrons. The van der Waals surface area contributed by atoms with E-state index in [1.807, 2.05) is 0 Å². The molecular formula is CH4ClN2SZn-. The van der Waals surface area contributed by atoms with E-state index in [1.165, 1.54) is 5.40 Å². The molecule has 0 amide bonds. The average molecular weight is 177 g/mol. The fourth-order valence-electron chi connectivity index (χ4n) is 0. The number of nitrogens with zero attached hydrogens (tertiary/aromatic N) is 1. The third kappa shape index (κ3) is 173. The van der Waals surface area contributed by atoms with Gasteiger partial charge in [0, 0.05) is 19.5 Å². The van der Waals surface area contributed by atoms with E-state index in [-0.39, 0.29) is 38.0 Å². The van der Waals surface area contributed by atoms with Gasteiger partial charge in [-0.1, -0.05) is 5.40 Å². The predicted molar refractivity (Wildman–Crippen MR) is 19.0 cm³/mol. The molecule has 0 saturated carbocycles. The van der Waals surface area contributed by atoms with Crippen molar-refractivity contribution in [2.45, 2.75) is 0 Å². The third-order valence-electron chi connectivity index (χ3n) is 0.